The van der Waals surface area contributed by atoms with Gasteiger partial charge >= 0.3 is 0 Å². The van der Waals surface area contributed by atoms with Crippen LogP contribution >= 0.6 is 0 Å². The average molecular weight is 415 g/mol. The third-order valence-corrected chi connectivity index (χ3v) is 4.95. The highest BCUT2D eigenvalue weighted by atomic mass is 16.5. The molecule has 1 aromatic carbocycles. The van der Waals surface area contributed by atoms with Crippen molar-refractivity contribution in [1.82, 2.24) is 4.90 Å². The van der Waals surface area contributed by atoms with Gasteiger partial charge in [-0.15, -0.1) is 0 Å². The molecule has 30 heavy (non-hydrogen) atoms. The molecule has 2 N–H and O–H groups in total. The van der Waals surface area contributed by atoms with E-state index in [2.05, 4.69) is 0 Å². The molecule has 8 nitrogen and oxygen atoms in total. The van der Waals surface area contributed by atoms with Gasteiger partial charge in [-0.3, -0.25) is 9.59 Å². The molecule has 3 rings (SSSR count). The third-order valence-electron chi connectivity index (χ3n) is 4.95. The molecule has 1 aliphatic rings. The number of aliphatic hydroxyl groups excluding tert-OH is 1. The summed E-state index contributed by atoms with van der Waals surface area (Å²) in [5, 5.41) is 10.6. The SMILES string of the molecule is CCOc1ccc([C@@H]2C(C(=O)c3ccco3)=C(O)C(=O)N2CC[NH+](C)C)cc1OC. The van der Waals surface area contributed by atoms with Crippen molar-refractivity contribution in [3.8, 4) is 11.5 Å². The van der Waals surface area contributed by atoms with Gasteiger partial charge in [0.2, 0.25) is 5.78 Å². The van der Waals surface area contributed by atoms with E-state index in [1.807, 2.05) is 21.0 Å². The van der Waals surface area contributed by atoms with Crippen LogP contribution in [0.1, 0.15) is 29.1 Å². The number of quaternary nitrogens is 1. The largest absolute Gasteiger partial charge is 0.503 e. The lowest BCUT2D eigenvalue weighted by Gasteiger charge is -2.27. The second kappa shape index (κ2) is 9.04. The number of ketones is 1. The van der Waals surface area contributed by atoms with Crippen molar-refractivity contribution in [2.24, 2.45) is 0 Å². The van der Waals surface area contributed by atoms with Gasteiger partial charge in [0, 0.05) is 0 Å². The summed E-state index contributed by atoms with van der Waals surface area (Å²) in [5.74, 6) is -0.552. The Morgan fingerprint density at radius 1 is 1.27 bits per heavy atom. The Morgan fingerprint density at radius 2 is 2.03 bits per heavy atom. The van der Waals surface area contributed by atoms with E-state index in [9.17, 15) is 14.7 Å². The first-order valence-corrected chi connectivity index (χ1v) is 9.81. The minimum Gasteiger partial charge on any atom is -0.503 e. The van der Waals surface area contributed by atoms with Crippen molar-refractivity contribution in [2.45, 2.75) is 13.0 Å². The molecular formula is C22H27N2O6+. The van der Waals surface area contributed by atoms with Crippen molar-refractivity contribution < 1.29 is 33.5 Å². The van der Waals surface area contributed by atoms with Gasteiger partial charge in [0.1, 0.15) is 0 Å². The van der Waals surface area contributed by atoms with Gasteiger partial charge in [0.15, 0.2) is 23.0 Å². The number of hydrogen-bond donors (Lipinski definition) is 2. The zero-order chi connectivity index (χ0) is 21.8. The van der Waals surface area contributed by atoms with Gasteiger partial charge in [-0.2, -0.15) is 0 Å². The van der Waals surface area contributed by atoms with Crippen LogP contribution in [0.3, 0.4) is 0 Å². The van der Waals surface area contributed by atoms with E-state index < -0.39 is 23.5 Å². The maximum absolute atomic E-state index is 13.1. The molecule has 0 unspecified atom stereocenters. The molecule has 2 aromatic rings. The number of carbonyl (C=O) groups is 2. The summed E-state index contributed by atoms with van der Waals surface area (Å²) in [6.45, 7) is 3.35. The Hall–Kier alpha value is -3.26. The number of furan rings is 1. The van der Waals surface area contributed by atoms with E-state index in [0.717, 1.165) is 4.90 Å². The van der Waals surface area contributed by atoms with Crippen LogP contribution in [-0.2, 0) is 4.79 Å². The average Bonchev–Trinajstić information content (AvgIpc) is 3.34. The third kappa shape index (κ3) is 4.04. The molecule has 0 bridgehead atoms. The quantitative estimate of drug-likeness (QED) is 0.602. The lowest BCUT2D eigenvalue weighted by Crippen LogP contribution is -3.06. The van der Waals surface area contributed by atoms with Crippen molar-refractivity contribution in [3.05, 3.63) is 59.3 Å². The molecular weight excluding hydrogens is 388 g/mol. The minimum atomic E-state index is -0.765. The first-order chi connectivity index (χ1) is 14.4. The molecule has 0 fully saturated rings. The number of aliphatic hydroxyl groups is 1. The number of likely N-dealkylation sites (N-methyl/N-ethyl adjacent to an activating group) is 1. The van der Waals surface area contributed by atoms with Crippen molar-refractivity contribution in [2.75, 3.05) is 40.9 Å². The topological polar surface area (TPSA) is 93.7 Å². The summed E-state index contributed by atoms with van der Waals surface area (Å²) in [6, 6.07) is 7.57. The fraction of sp³-hybridized carbons (Fsp3) is 0.364. The Bertz CT molecular complexity index is 949. The molecule has 0 spiro atoms. The molecule has 8 heteroatoms. The number of nitrogens with one attached hydrogen (secondary N) is 1. The van der Waals surface area contributed by atoms with Crippen LogP contribution < -0.4 is 14.4 Å². The summed E-state index contributed by atoms with van der Waals surface area (Å²) < 4.78 is 16.2. The zero-order valence-corrected chi connectivity index (χ0v) is 17.6. The summed E-state index contributed by atoms with van der Waals surface area (Å²) in [5.41, 5.74) is 0.631. The number of ether oxygens (including phenoxy) is 2. The smallest absolute Gasteiger partial charge is 0.290 e. The summed E-state index contributed by atoms with van der Waals surface area (Å²) in [6.07, 6.45) is 1.38. The number of carbonyl (C=O) groups excluding carboxylic acids is 2. The van der Waals surface area contributed by atoms with E-state index in [4.69, 9.17) is 13.9 Å². The van der Waals surface area contributed by atoms with E-state index in [1.54, 1.807) is 24.3 Å². The van der Waals surface area contributed by atoms with Gasteiger partial charge in [0.05, 0.1) is 58.8 Å². The highest BCUT2D eigenvalue weighted by molar-refractivity contribution is 6.15. The number of methoxy groups -OCH3 is 1. The molecule has 1 atom stereocenters. The molecule has 0 saturated carbocycles. The maximum Gasteiger partial charge on any atom is 0.290 e. The second-order valence-electron chi connectivity index (χ2n) is 7.27. The van der Waals surface area contributed by atoms with Crippen molar-refractivity contribution >= 4 is 11.7 Å². The predicted molar refractivity (Wildman–Crippen MR) is 109 cm³/mol. The van der Waals surface area contributed by atoms with E-state index in [-0.39, 0.29) is 11.3 Å². The fourth-order valence-corrected chi connectivity index (χ4v) is 3.48. The number of nitrogens with zero attached hydrogens (tertiary/aromatic N) is 1. The minimum absolute atomic E-state index is 0.00470. The van der Waals surface area contributed by atoms with E-state index >= 15 is 0 Å². The Morgan fingerprint density at radius 3 is 2.63 bits per heavy atom. The van der Waals surface area contributed by atoms with Crippen LogP contribution in [0.25, 0.3) is 0 Å². The fourth-order valence-electron chi connectivity index (χ4n) is 3.48. The monoisotopic (exact) mass is 415 g/mol. The maximum atomic E-state index is 13.1. The molecule has 1 amide bonds. The molecule has 0 saturated heterocycles. The Kier molecular flexibility index (Phi) is 6.47. The summed E-state index contributed by atoms with van der Waals surface area (Å²) in [7, 11) is 5.46. The van der Waals surface area contributed by atoms with Crippen molar-refractivity contribution in [3.63, 3.8) is 0 Å². The predicted octanol–water partition coefficient (Wildman–Crippen LogP) is 1.41. The highest BCUT2D eigenvalue weighted by Crippen LogP contribution is 2.41. The molecule has 1 aromatic heterocycles. The van der Waals surface area contributed by atoms with Gasteiger partial charge in [-0.25, -0.2) is 0 Å². The summed E-state index contributed by atoms with van der Waals surface area (Å²) >= 11 is 0. The van der Waals surface area contributed by atoms with E-state index in [1.165, 1.54) is 24.3 Å². The van der Waals surface area contributed by atoms with Gasteiger partial charge in [-0.05, 0) is 36.8 Å². The zero-order valence-electron chi connectivity index (χ0n) is 17.6. The number of rotatable bonds is 9. The van der Waals surface area contributed by atoms with Crippen LogP contribution in [0.5, 0.6) is 11.5 Å². The van der Waals surface area contributed by atoms with Crippen LogP contribution in [0, 0.1) is 0 Å². The number of hydrogen-bond acceptors (Lipinski definition) is 6. The van der Waals surface area contributed by atoms with Gasteiger partial charge < -0.3 is 28.8 Å². The summed E-state index contributed by atoms with van der Waals surface area (Å²) in [4.78, 5) is 28.6. The molecule has 0 aliphatic carbocycles. The number of amides is 1. The van der Waals surface area contributed by atoms with Gasteiger partial charge in [0.25, 0.3) is 5.91 Å². The van der Waals surface area contributed by atoms with Crippen molar-refractivity contribution in [1.29, 1.82) is 0 Å². The lowest BCUT2D eigenvalue weighted by atomic mass is 9.94. The van der Waals surface area contributed by atoms with Crippen LogP contribution in [-0.4, -0.2) is 62.6 Å². The highest BCUT2D eigenvalue weighted by Gasteiger charge is 2.44. The molecule has 2 heterocycles. The molecule has 0 radical (unpaired) electrons. The first kappa shape index (κ1) is 21.4. The normalized spacial score (nSPS) is 16.5. The molecule has 1 aliphatic heterocycles. The standard InChI is InChI=1S/C22H26N2O6/c1-5-29-15-9-8-14(13-17(15)28-4)19-18(20(25)16-7-6-12-30-16)21(26)22(27)24(19)11-10-23(2)3/h6-9,12-13,19,26H,5,10-11H2,1-4H3/p+1/t19-/m1/s1. The number of benzene rings is 1. The van der Waals surface area contributed by atoms with E-state index in [0.29, 0.717) is 36.8 Å². The van der Waals surface area contributed by atoms with Crippen LogP contribution in [0.4, 0.5) is 0 Å². The number of Topliss-reactive ketones (excluding diaryl/α,β-unsaturated/α-hetero) is 1. The lowest BCUT2D eigenvalue weighted by molar-refractivity contribution is -0.857. The Balaban J connectivity index is 2.08. The Labute approximate surface area is 175 Å². The van der Waals surface area contributed by atoms with Crippen LogP contribution in [0.15, 0.2) is 52.3 Å². The first-order valence-electron chi connectivity index (χ1n) is 9.81. The van der Waals surface area contributed by atoms with Gasteiger partial charge in [-0.1, -0.05) is 6.07 Å². The second-order valence-corrected chi connectivity index (χ2v) is 7.27. The van der Waals surface area contributed by atoms with Crippen LogP contribution in [0.2, 0.25) is 0 Å². The molecule has 160 valence electrons.